The van der Waals surface area contributed by atoms with E-state index in [1.807, 2.05) is 25.1 Å². The molecule has 0 amide bonds. The third-order valence-electron chi connectivity index (χ3n) is 1.93. The standard InChI is InChI=1S/C11H11NO/c1-8-4-3-5-10(6-8)11-7-9(2)12-13-11/h3-7H,1-2H3. The topological polar surface area (TPSA) is 26.0 Å². The van der Waals surface area contributed by atoms with Gasteiger partial charge in [0.15, 0.2) is 5.76 Å². The van der Waals surface area contributed by atoms with E-state index in [9.17, 15) is 0 Å². The normalized spacial score (nSPS) is 10.3. The van der Waals surface area contributed by atoms with E-state index in [2.05, 4.69) is 24.2 Å². The summed E-state index contributed by atoms with van der Waals surface area (Å²) >= 11 is 0. The molecule has 0 saturated carbocycles. The number of aryl methyl sites for hydroxylation is 2. The van der Waals surface area contributed by atoms with Crippen LogP contribution in [0.15, 0.2) is 34.9 Å². The lowest BCUT2D eigenvalue weighted by atomic mass is 10.1. The maximum Gasteiger partial charge on any atom is 0.167 e. The van der Waals surface area contributed by atoms with E-state index >= 15 is 0 Å². The SMILES string of the molecule is Cc1cccc(-c2cc(C)no2)c1. The van der Waals surface area contributed by atoms with E-state index in [4.69, 9.17) is 4.52 Å². The number of rotatable bonds is 1. The van der Waals surface area contributed by atoms with E-state index in [0.717, 1.165) is 17.0 Å². The van der Waals surface area contributed by atoms with Gasteiger partial charge in [0.2, 0.25) is 0 Å². The Morgan fingerprint density at radius 2 is 2.00 bits per heavy atom. The molecule has 2 aromatic rings. The van der Waals surface area contributed by atoms with E-state index in [-0.39, 0.29) is 0 Å². The number of nitrogens with zero attached hydrogens (tertiary/aromatic N) is 1. The first-order chi connectivity index (χ1) is 6.25. The highest BCUT2D eigenvalue weighted by Crippen LogP contribution is 2.20. The Labute approximate surface area is 77.2 Å². The molecule has 1 heterocycles. The molecule has 2 nitrogen and oxygen atoms in total. The molecular weight excluding hydrogens is 162 g/mol. The van der Waals surface area contributed by atoms with Crippen LogP contribution >= 0.6 is 0 Å². The average Bonchev–Trinajstić information content (AvgIpc) is 2.52. The minimum absolute atomic E-state index is 0.834. The summed E-state index contributed by atoms with van der Waals surface area (Å²) in [7, 11) is 0. The zero-order chi connectivity index (χ0) is 9.26. The van der Waals surface area contributed by atoms with Gasteiger partial charge in [-0.15, -0.1) is 0 Å². The van der Waals surface area contributed by atoms with Crippen molar-refractivity contribution >= 4 is 0 Å². The van der Waals surface area contributed by atoms with Crippen LogP contribution in [0.2, 0.25) is 0 Å². The van der Waals surface area contributed by atoms with E-state index in [1.54, 1.807) is 0 Å². The van der Waals surface area contributed by atoms with Crippen molar-refractivity contribution in [3.63, 3.8) is 0 Å². The summed E-state index contributed by atoms with van der Waals surface area (Å²) in [5.74, 6) is 0.834. The molecule has 0 aliphatic heterocycles. The third-order valence-corrected chi connectivity index (χ3v) is 1.93. The Balaban J connectivity index is 2.46. The lowest BCUT2D eigenvalue weighted by molar-refractivity contribution is 0.427. The van der Waals surface area contributed by atoms with Crippen molar-refractivity contribution in [3.05, 3.63) is 41.6 Å². The summed E-state index contributed by atoms with van der Waals surface area (Å²) in [5.41, 5.74) is 3.23. The number of hydrogen-bond donors (Lipinski definition) is 0. The van der Waals surface area contributed by atoms with Crippen LogP contribution in [-0.2, 0) is 0 Å². The molecule has 2 rings (SSSR count). The molecule has 0 spiro atoms. The molecule has 0 radical (unpaired) electrons. The lowest BCUT2D eigenvalue weighted by Gasteiger charge is -1.95. The van der Waals surface area contributed by atoms with Crippen molar-refractivity contribution in [3.8, 4) is 11.3 Å². The minimum atomic E-state index is 0.834. The quantitative estimate of drug-likeness (QED) is 0.662. The van der Waals surface area contributed by atoms with Gasteiger partial charge in [-0.2, -0.15) is 0 Å². The highest BCUT2D eigenvalue weighted by molar-refractivity contribution is 5.58. The second kappa shape index (κ2) is 3.05. The summed E-state index contributed by atoms with van der Waals surface area (Å²) < 4.78 is 5.16. The highest BCUT2D eigenvalue weighted by Gasteiger charge is 2.02. The van der Waals surface area contributed by atoms with Crippen LogP contribution in [-0.4, -0.2) is 5.16 Å². The van der Waals surface area contributed by atoms with Gasteiger partial charge in [0.05, 0.1) is 5.69 Å². The maximum atomic E-state index is 5.16. The fourth-order valence-corrected chi connectivity index (χ4v) is 1.30. The number of benzene rings is 1. The van der Waals surface area contributed by atoms with Gasteiger partial charge >= 0.3 is 0 Å². The van der Waals surface area contributed by atoms with Crippen LogP contribution < -0.4 is 0 Å². The third kappa shape index (κ3) is 1.61. The molecule has 0 bridgehead atoms. The smallest absolute Gasteiger partial charge is 0.167 e. The van der Waals surface area contributed by atoms with Gasteiger partial charge in [0, 0.05) is 11.6 Å². The molecule has 0 N–H and O–H groups in total. The Kier molecular flexibility index (Phi) is 1.89. The Morgan fingerprint density at radius 1 is 1.15 bits per heavy atom. The largest absolute Gasteiger partial charge is 0.356 e. The molecule has 0 aliphatic rings. The van der Waals surface area contributed by atoms with Gasteiger partial charge in [-0.05, 0) is 19.9 Å². The molecule has 2 heteroatoms. The van der Waals surface area contributed by atoms with Gasteiger partial charge in [0.1, 0.15) is 0 Å². The molecule has 66 valence electrons. The average molecular weight is 173 g/mol. The van der Waals surface area contributed by atoms with Gasteiger partial charge < -0.3 is 4.52 Å². The van der Waals surface area contributed by atoms with Crippen LogP contribution in [0.5, 0.6) is 0 Å². The summed E-state index contributed by atoms with van der Waals surface area (Å²) in [6.45, 7) is 3.98. The van der Waals surface area contributed by atoms with Crippen molar-refractivity contribution in [2.75, 3.05) is 0 Å². The number of hydrogen-bond acceptors (Lipinski definition) is 2. The van der Waals surface area contributed by atoms with E-state index in [0.29, 0.717) is 0 Å². The lowest BCUT2D eigenvalue weighted by Crippen LogP contribution is -1.75. The van der Waals surface area contributed by atoms with E-state index in [1.165, 1.54) is 5.56 Å². The molecule has 1 aromatic heterocycles. The maximum absolute atomic E-state index is 5.16. The van der Waals surface area contributed by atoms with Gasteiger partial charge in [-0.25, -0.2) is 0 Å². The zero-order valence-corrected chi connectivity index (χ0v) is 7.74. The summed E-state index contributed by atoms with van der Waals surface area (Å²) in [6, 6.07) is 10.1. The molecule has 0 unspecified atom stereocenters. The molecule has 0 fully saturated rings. The molecule has 0 saturated heterocycles. The first kappa shape index (κ1) is 8.05. The van der Waals surface area contributed by atoms with Crippen molar-refractivity contribution in [2.24, 2.45) is 0 Å². The van der Waals surface area contributed by atoms with Crippen LogP contribution in [0.25, 0.3) is 11.3 Å². The van der Waals surface area contributed by atoms with Crippen LogP contribution in [0.3, 0.4) is 0 Å². The Bertz CT molecular complexity index is 418. The van der Waals surface area contributed by atoms with Gasteiger partial charge in [-0.1, -0.05) is 28.9 Å². The van der Waals surface area contributed by atoms with Crippen LogP contribution in [0.4, 0.5) is 0 Å². The number of aromatic nitrogens is 1. The molecule has 1 aromatic carbocycles. The van der Waals surface area contributed by atoms with Crippen molar-refractivity contribution in [1.82, 2.24) is 5.16 Å². The minimum Gasteiger partial charge on any atom is -0.356 e. The summed E-state index contributed by atoms with van der Waals surface area (Å²) in [4.78, 5) is 0. The zero-order valence-electron chi connectivity index (χ0n) is 7.74. The fourth-order valence-electron chi connectivity index (χ4n) is 1.30. The molecule has 0 aliphatic carbocycles. The van der Waals surface area contributed by atoms with Crippen molar-refractivity contribution < 1.29 is 4.52 Å². The van der Waals surface area contributed by atoms with Crippen molar-refractivity contribution in [1.29, 1.82) is 0 Å². The predicted octanol–water partition coefficient (Wildman–Crippen LogP) is 2.96. The monoisotopic (exact) mass is 173 g/mol. The second-order valence-electron chi connectivity index (χ2n) is 3.20. The highest BCUT2D eigenvalue weighted by atomic mass is 16.5. The molecule has 0 atom stereocenters. The Hall–Kier alpha value is -1.57. The predicted molar refractivity (Wildman–Crippen MR) is 51.4 cm³/mol. The molecular formula is C11H11NO. The summed E-state index contributed by atoms with van der Waals surface area (Å²) in [5, 5.41) is 3.85. The fraction of sp³-hybridized carbons (Fsp3) is 0.182. The first-order valence-electron chi connectivity index (χ1n) is 4.26. The summed E-state index contributed by atoms with van der Waals surface area (Å²) in [6.07, 6.45) is 0. The Morgan fingerprint density at radius 3 is 2.62 bits per heavy atom. The van der Waals surface area contributed by atoms with Gasteiger partial charge in [-0.3, -0.25) is 0 Å². The van der Waals surface area contributed by atoms with Crippen molar-refractivity contribution in [2.45, 2.75) is 13.8 Å². The van der Waals surface area contributed by atoms with Crippen LogP contribution in [0.1, 0.15) is 11.3 Å². The van der Waals surface area contributed by atoms with Crippen LogP contribution in [0, 0.1) is 13.8 Å². The molecule has 13 heavy (non-hydrogen) atoms. The van der Waals surface area contributed by atoms with E-state index < -0.39 is 0 Å². The second-order valence-corrected chi connectivity index (χ2v) is 3.20. The van der Waals surface area contributed by atoms with Gasteiger partial charge in [0.25, 0.3) is 0 Å². The first-order valence-corrected chi connectivity index (χ1v) is 4.26.